The Morgan fingerprint density at radius 1 is 1.47 bits per heavy atom. The van der Waals surface area contributed by atoms with Gasteiger partial charge in [-0.15, -0.1) is 11.6 Å². The summed E-state index contributed by atoms with van der Waals surface area (Å²) in [5.74, 6) is -0.255. The highest BCUT2D eigenvalue weighted by atomic mass is 35.5. The number of rotatable bonds is 3. The van der Waals surface area contributed by atoms with Crippen molar-refractivity contribution < 1.29 is 4.39 Å². The first kappa shape index (κ1) is 13.1. The van der Waals surface area contributed by atoms with Crippen molar-refractivity contribution in [2.75, 3.05) is 0 Å². The molecule has 0 bridgehead atoms. The smallest absolute Gasteiger partial charge is 0.123 e. The first-order chi connectivity index (χ1) is 7.91. The quantitative estimate of drug-likeness (QED) is 0.823. The molecule has 1 aliphatic rings. The Hall–Kier alpha value is -0.310. The zero-order valence-corrected chi connectivity index (χ0v) is 11.4. The number of halogens is 3. The summed E-state index contributed by atoms with van der Waals surface area (Å²) < 4.78 is 13.1. The molecule has 1 nitrogen and oxygen atoms in total. The maximum absolute atomic E-state index is 13.1. The van der Waals surface area contributed by atoms with E-state index in [4.69, 9.17) is 23.2 Å². The topological polar surface area (TPSA) is 12.0 Å². The van der Waals surface area contributed by atoms with Crippen molar-refractivity contribution in [1.82, 2.24) is 5.32 Å². The van der Waals surface area contributed by atoms with Gasteiger partial charge in [0, 0.05) is 23.0 Å². The predicted molar refractivity (Wildman–Crippen MR) is 70.1 cm³/mol. The van der Waals surface area contributed by atoms with E-state index in [-0.39, 0.29) is 16.6 Å². The predicted octanol–water partition coefficient (Wildman–Crippen LogP) is 3.97. The minimum atomic E-state index is -0.255. The summed E-state index contributed by atoms with van der Waals surface area (Å²) in [5, 5.41) is 4.20. The van der Waals surface area contributed by atoms with Crippen LogP contribution in [0.4, 0.5) is 4.39 Å². The number of hydrogen-bond acceptors (Lipinski definition) is 1. The maximum atomic E-state index is 13.1. The van der Waals surface area contributed by atoms with Crippen LogP contribution in [0, 0.1) is 11.2 Å². The average molecular weight is 276 g/mol. The first-order valence-electron chi connectivity index (χ1n) is 5.72. The van der Waals surface area contributed by atoms with Crippen LogP contribution in [-0.2, 0) is 6.54 Å². The van der Waals surface area contributed by atoms with Gasteiger partial charge in [0.2, 0.25) is 0 Å². The molecule has 0 spiro atoms. The molecule has 0 heterocycles. The van der Waals surface area contributed by atoms with Crippen molar-refractivity contribution in [1.29, 1.82) is 0 Å². The summed E-state index contributed by atoms with van der Waals surface area (Å²) in [6.45, 7) is 4.85. The van der Waals surface area contributed by atoms with Crippen LogP contribution in [0.2, 0.25) is 5.02 Å². The van der Waals surface area contributed by atoms with E-state index < -0.39 is 0 Å². The highest BCUT2D eigenvalue weighted by Gasteiger charge is 2.46. The van der Waals surface area contributed by atoms with Gasteiger partial charge in [-0.05, 0) is 35.6 Å². The molecule has 0 aromatic heterocycles. The molecule has 4 heteroatoms. The molecule has 0 aliphatic heterocycles. The average Bonchev–Trinajstić information content (AvgIpc) is 2.28. The fraction of sp³-hybridized carbons (Fsp3) is 0.538. The van der Waals surface area contributed by atoms with Crippen LogP contribution in [0.15, 0.2) is 18.2 Å². The van der Waals surface area contributed by atoms with Gasteiger partial charge in [0.05, 0.1) is 0 Å². The third-order valence-electron chi connectivity index (χ3n) is 3.69. The molecule has 2 unspecified atom stereocenters. The summed E-state index contributed by atoms with van der Waals surface area (Å²) in [7, 11) is 0. The van der Waals surface area contributed by atoms with Gasteiger partial charge in [-0.2, -0.15) is 0 Å². The van der Waals surface area contributed by atoms with Gasteiger partial charge in [-0.1, -0.05) is 25.4 Å². The molecule has 0 radical (unpaired) electrons. The van der Waals surface area contributed by atoms with Crippen LogP contribution in [0.1, 0.15) is 25.8 Å². The van der Waals surface area contributed by atoms with Crippen molar-refractivity contribution in [2.24, 2.45) is 5.41 Å². The fourth-order valence-corrected chi connectivity index (χ4v) is 2.65. The third-order valence-corrected chi connectivity index (χ3v) is 4.80. The molecule has 1 N–H and O–H groups in total. The van der Waals surface area contributed by atoms with E-state index >= 15 is 0 Å². The van der Waals surface area contributed by atoms with Crippen molar-refractivity contribution in [3.8, 4) is 0 Å². The van der Waals surface area contributed by atoms with Crippen molar-refractivity contribution >= 4 is 23.2 Å². The minimum Gasteiger partial charge on any atom is -0.309 e. The summed E-state index contributed by atoms with van der Waals surface area (Å²) in [6.07, 6.45) is 0.946. The zero-order valence-electron chi connectivity index (χ0n) is 9.93. The zero-order chi connectivity index (χ0) is 12.6. The lowest BCUT2D eigenvalue weighted by molar-refractivity contribution is 0.115. The normalized spacial score (nSPS) is 26.6. The molecule has 1 fully saturated rings. The summed E-state index contributed by atoms with van der Waals surface area (Å²) >= 11 is 12.2. The minimum absolute atomic E-state index is 0.0847. The van der Waals surface area contributed by atoms with E-state index in [0.717, 1.165) is 12.0 Å². The van der Waals surface area contributed by atoms with Crippen LogP contribution in [-0.4, -0.2) is 11.4 Å². The standard InChI is InChI=1S/C13H16Cl2FN/c1-13(2)11(15)6-12(13)17-7-8-5-9(16)3-4-10(8)14/h3-5,11-12,17H,6-7H2,1-2H3. The summed E-state index contributed by atoms with van der Waals surface area (Å²) in [5.41, 5.74) is 0.877. The molecule has 2 rings (SSSR count). The highest BCUT2D eigenvalue weighted by molar-refractivity contribution is 6.31. The van der Waals surface area contributed by atoms with E-state index in [9.17, 15) is 4.39 Å². The van der Waals surface area contributed by atoms with Gasteiger partial charge >= 0.3 is 0 Å². The van der Waals surface area contributed by atoms with Crippen molar-refractivity contribution in [3.05, 3.63) is 34.6 Å². The molecule has 1 aromatic carbocycles. The molecule has 1 saturated carbocycles. The van der Waals surface area contributed by atoms with Crippen molar-refractivity contribution in [3.63, 3.8) is 0 Å². The lowest BCUT2D eigenvalue weighted by atomic mass is 9.67. The molecule has 0 saturated heterocycles. The second-order valence-electron chi connectivity index (χ2n) is 5.19. The number of nitrogens with one attached hydrogen (secondary N) is 1. The Morgan fingerprint density at radius 3 is 2.76 bits per heavy atom. The van der Waals surface area contributed by atoms with E-state index in [1.165, 1.54) is 12.1 Å². The summed E-state index contributed by atoms with van der Waals surface area (Å²) in [6, 6.07) is 4.79. The van der Waals surface area contributed by atoms with Crippen LogP contribution in [0.25, 0.3) is 0 Å². The van der Waals surface area contributed by atoms with Crippen LogP contribution < -0.4 is 5.32 Å². The molecular weight excluding hydrogens is 260 g/mol. The number of alkyl halides is 1. The Bertz CT molecular complexity index is 420. The Morgan fingerprint density at radius 2 is 2.18 bits per heavy atom. The third kappa shape index (κ3) is 2.59. The van der Waals surface area contributed by atoms with Crippen LogP contribution in [0.5, 0.6) is 0 Å². The largest absolute Gasteiger partial charge is 0.309 e. The van der Waals surface area contributed by atoms with Crippen molar-refractivity contribution in [2.45, 2.75) is 38.2 Å². The number of benzene rings is 1. The second-order valence-corrected chi connectivity index (χ2v) is 6.13. The van der Waals surface area contributed by atoms with E-state index in [0.29, 0.717) is 17.6 Å². The molecule has 0 amide bonds. The molecular formula is C13H16Cl2FN. The fourth-order valence-electron chi connectivity index (χ4n) is 2.13. The molecule has 1 aromatic rings. The van der Waals surface area contributed by atoms with Gasteiger partial charge < -0.3 is 5.32 Å². The molecule has 94 valence electrons. The molecule has 2 atom stereocenters. The van der Waals surface area contributed by atoms with Gasteiger partial charge in [0.25, 0.3) is 0 Å². The number of hydrogen-bond donors (Lipinski definition) is 1. The second kappa shape index (κ2) is 4.75. The molecule has 17 heavy (non-hydrogen) atoms. The van der Waals surface area contributed by atoms with Gasteiger partial charge in [-0.25, -0.2) is 4.39 Å². The monoisotopic (exact) mass is 275 g/mol. The molecule has 1 aliphatic carbocycles. The Labute approximate surface area is 111 Å². The lowest BCUT2D eigenvalue weighted by Crippen LogP contribution is -2.57. The lowest BCUT2D eigenvalue weighted by Gasteiger charge is -2.49. The first-order valence-corrected chi connectivity index (χ1v) is 6.54. The maximum Gasteiger partial charge on any atom is 0.123 e. The Balaban J connectivity index is 1.97. The van der Waals surface area contributed by atoms with Gasteiger partial charge in [0.15, 0.2) is 0 Å². The Kier molecular flexibility index (Phi) is 3.67. The van der Waals surface area contributed by atoms with Crippen LogP contribution >= 0.6 is 23.2 Å². The van der Waals surface area contributed by atoms with E-state index in [1.54, 1.807) is 6.07 Å². The summed E-state index contributed by atoms with van der Waals surface area (Å²) in [4.78, 5) is 0. The van der Waals surface area contributed by atoms with E-state index in [2.05, 4.69) is 19.2 Å². The van der Waals surface area contributed by atoms with Gasteiger partial charge in [-0.3, -0.25) is 0 Å². The van der Waals surface area contributed by atoms with E-state index in [1.807, 2.05) is 0 Å². The highest BCUT2D eigenvalue weighted by Crippen LogP contribution is 2.44. The van der Waals surface area contributed by atoms with Gasteiger partial charge in [0.1, 0.15) is 5.82 Å². The van der Waals surface area contributed by atoms with Crippen LogP contribution in [0.3, 0.4) is 0 Å². The SMILES string of the molecule is CC1(C)C(Cl)CC1NCc1cc(F)ccc1Cl.